The summed E-state index contributed by atoms with van der Waals surface area (Å²) in [6, 6.07) is 27.8. The number of fused-ring (bicyclic) bond motifs is 1. The molecular formula is C33H32N4O5S. The predicted octanol–water partition coefficient (Wildman–Crippen LogP) is 6.24. The molecule has 0 fully saturated rings. The summed E-state index contributed by atoms with van der Waals surface area (Å²) in [5.41, 5.74) is 5.58. The van der Waals surface area contributed by atoms with Gasteiger partial charge < -0.3 is 18.6 Å². The van der Waals surface area contributed by atoms with Gasteiger partial charge in [-0.15, -0.1) is 10.2 Å². The van der Waals surface area contributed by atoms with Gasteiger partial charge in [-0.25, -0.2) is 5.43 Å². The number of ether oxygens (including phenoxy) is 3. The number of nitrogens with zero attached hydrogens (tertiary/aromatic N) is 3. The van der Waals surface area contributed by atoms with Crippen molar-refractivity contribution in [3.63, 3.8) is 0 Å². The quantitative estimate of drug-likeness (QED) is 0.0912. The summed E-state index contributed by atoms with van der Waals surface area (Å²) in [7, 11) is 3.24. The molecule has 5 rings (SSSR count). The number of methoxy groups -OCH3 is 2. The molecule has 0 radical (unpaired) electrons. The first kappa shape index (κ1) is 29.7. The molecule has 0 saturated heterocycles. The first-order valence-electron chi connectivity index (χ1n) is 13.8. The zero-order chi connectivity index (χ0) is 29.9. The number of thioether (sulfide) groups is 1. The maximum Gasteiger partial charge on any atom is 0.277 e. The normalized spacial score (nSPS) is 11.1. The van der Waals surface area contributed by atoms with E-state index in [4.69, 9.17) is 18.6 Å². The fraction of sp³-hybridized carbons (Fsp3) is 0.212. The van der Waals surface area contributed by atoms with Crippen molar-refractivity contribution in [1.29, 1.82) is 0 Å². The summed E-state index contributed by atoms with van der Waals surface area (Å²) in [5, 5.41) is 14.8. The van der Waals surface area contributed by atoms with Gasteiger partial charge in [0.05, 0.1) is 26.2 Å². The molecule has 5 aromatic rings. The second-order valence-corrected chi connectivity index (χ2v) is 10.5. The molecule has 1 N–H and O–H groups in total. The number of carbonyl (C=O) groups is 1. The van der Waals surface area contributed by atoms with Crippen LogP contribution < -0.4 is 19.6 Å². The van der Waals surface area contributed by atoms with Gasteiger partial charge in [-0.2, -0.15) is 5.10 Å². The number of aromatic nitrogens is 2. The summed E-state index contributed by atoms with van der Waals surface area (Å²) in [6.07, 6.45) is 3.97. The Morgan fingerprint density at radius 1 is 0.930 bits per heavy atom. The van der Waals surface area contributed by atoms with Crippen LogP contribution in [0.5, 0.6) is 17.2 Å². The number of carbonyl (C=O) groups excluding carboxylic acids is 1. The molecule has 0 unspecified atom stereocenters. The van der Waals surface area contributed by atoms with Crippen molar-refractivity contribution in [2.75, 3.05) is 20.0 Å². The number of hydrazone groups is 1. The summed E-state index contributed by atoms with van der Waals surface area (Å²) in [4.78, 5) is 12.3. The van der Waals surface area contributed by atoms with Crippen LogP contribution in [0.25, 0.3) is 10.8 Å². The van der Waals surface area contributed by atoms with Crippen molar-refractivity contribution in [1.82, 2.24) is 15.6 Å². The second-order valence-electron chi connectivity index (χ2n) is 9.58. The average Bonchev–Trinajstić information content (AvgIpc) is 3.51. The van der Waals surface area contributed by atoms with Gasteiger partial charge >= 0.3 is 0 Å². The van der Waals surface area contributed by atoms with Gasteiger partial charge in [0.15, 0.2) is 11.5 Å². The van der Waals surface area contributed by atoms with Crippen molar-refractivity contribution in [2.45, 2.75) is 31.1 Å². The molecule has 0 bridgehead atoms. The Morgan fingerprint density at radius 2 is 1.77 bits per heavy atom. The Balaban J connectivity index is 1.05. The largest absolute Gasteiger partial charge is 0.497 e. The fourth-order valence-electron chi connectivity index (χ4n) is 4.43. The molecule has 0 aliphatic heterocycles. The van der Waals surface area contributed by atoms with E-state index in [1.54, 1.807) is 26.5 Å². The lowest BCUT2D eigenvalue weighted by Gasteiger charge is -2.12. The molecule has 4 aromatic carbocycles. The van der Waals surface area contributed by atoms with Crippen molar-refractivity contribution < 1.29 is 23.4 Å². The van der Waals surface area contributed by atoms with Crippen LogP contribution in [0.4, 0.5) is 0 Å². The highest BCUT2D eigenvalue weighted by Crippen LogP contribution is 2.29. The van der Waals surface area contributed by atoms with E-state index in [1.807, 2.05) is 54.6 Å². The topological polar surface area (TPSA) is 108 Å². The van der Waals surface area contributed by atoms with Crippen LogP contribution in [-0.4, -0.2) is 42.3 Å². The number of benzene rings is 4. The third-order valence-electron chi connectivity index (χ3n) is 6.64. The van der Waals surface area contributed by atoms with E-state index in [1.165, 1.54) is 22.7 Å². The van der Waals surface area contributed by atoms with Gasteiger partial charge in [0.2, 0.25) is 5.89 Å². The molecule has 0 aliphatic rings. The van der Waals surface area contributed by atoms with Crippen LogP contribution in [-0.2, 0) is 24.2 Å². The SMILES string of the molecule is COc1ccc(CCCc2nnc(SCC(=O)N/N=C\c3ccc(OCc4cccc5ccccc45)c(OC)c3)o2)cc1. The van der Waals surface area contributed by atoms with Gasteiger partial charge in [0.1, 0.15) is 12.4 Å². The molecule has 9 nitrogen and oxygen atoms in total. The van der Waals surface area contributed by atoms with Gasteiger partial charge in [0, 0.05) is 6.42 Å². The van der Waals surface area contributed by atoms with Gasteiger partial charge in [-0.05, 0) is 70.6 Å². The highest BCUT2D eigenvalue weighted by Gasteiger charge is 2.11. The van der Waals surface area contributed by atoms with E-state index in [-0.39, 0.29) is 11.7 Å². The van der Waals surface area contributed by atoms with Crippen LogP contribution in [0.2, 0.25) is 0 Å². The monoisotopic (exact) mass is 596 g/mol. The molecule has 0 spiro atoms. The number of hydrogen-bond acceptors (Lipinski definition) is 9. The molecule has 1 aromatic heterocycles. The number of aryl methyl sites for hydroxylation is 2. The van der Waals surface area contributed by atoms with E-state index in [0.29, 0.717) is 35.6 Å². The lowest BCUT2D eigenvalue weighted by molar-refractivity contribution is -0.118. The standard InChI is InChI=1S/C33H32N4O5S/c1-39-27-16-13-23(14-17-27)7-5-12-32-36-37-33(42-32)43-22-31(38)35-34-20-24-15-18-29(30(19-24)40-2)41-21-26-10-6-9-25-8-3-4-11-28(25)26/h3-4,6,8-11,13-20H,5,7,12,21-22H2,1-2H3,(H,35,38)/b34-20-. The van der Waals surface area contributed by atoms with Gasteiger partial charge in [0.25, 0.3) is 11.1 Å². The Bertz CT molecular complexity index is 1680. The molecule has 1 amide bonds. The Kier molecular flexibility index (Phi) is 10.3. The summed E-state index contributed by atoms with van der Waals surface area (Å²) in [5.74, 6) is 2.38. The minimum atomic E-state index is -0.289. The van der Waals surface area contributed by atoms with Crippen molar-refractivity contribution >= 4 is 34.7 Å². The molecule has 0 saturated carbocycles. The van der Waals surface area contributed by atoms with E-state index in [0.717, 1.165) is 35.1 Å². The third kappa shape index (κ3) is 8.36. The van der Waals surface area contributed by atoms with Crippen LogP contribution in [0.3, 0.4) is 0 Å². The van der Waals surface area contributed by atoms with Crippen LogP contribution in [0.15, 0.2) is 99.7 Å². The molecule has 10 heteroatoms. The minimum absolute atomic E-state index is 0.0923. The maximum atomic E-state index is 12.3. The van der Waals surface area contributed by atoms with Crippen molar-refractivity contribution in [3.8, 4) is 17.2 Å². The highest BCUT2D eigenvalue weighted by atomic mass is 32.2. The summed E-state index contributed by atoms with van der Waals surface area (Å²) in [6.45, 7) is 0.407. The fourth-order valence-corrected chi connectivity index (χ4v) is 5.00. The van der Waals surface area contributed by atoms with Crippen molar-refractivity contribution in [3.05, 3.63) is 108 Å². The summed E-state index contributed by atoms with van der Waals surface area (Å²) >= 11 is 1.17. The summed E-state index contributed by atoms with van der Waals surface area (Å²) < 4.78 is 22.5. The molecule has 0 atom stereocenters. The van der Waals surface area contributed by atoms with Gasteiger partial charge in [-0.3, -0.25) is 4.79 Å². The molecule has 220 valence electrons. The van der Waals surface area contributed by atoms with E-state index >= 15 is 0 Å². The minimum Gasteiger partial charge on any atom is -0.497 e. The Hall–Kier alpha value is -4.83. The number of nitrogens with one attached hydrogen (secondary N) is 1. The van der Waals surface area contributed by atoms with E-state index in [2.05, 4.69) is 45.0 Å². The highest BCUT2D eigenvalue weighted by molar-refractivity contribution is 7.99. The lowest BCUT2D eigenvalue weighted by Crippen LogP contribution is -2.19. The zero-order valence-corrected chi connectivity index (χ0v) is 24.8. The number of amides is 1. The maximum absolute atomic E-state index is 12.3. The smallest absolute Gasteiger partial charge is 0.277 e. The molecule has 1 heterocycles. The Morgan fingerprint density at radius 3 is 2.60 bits per heavy atom. The lowest BCUT2D eigenvalue weighted by atomic mass is 10.1. The molecule has 43 heavy (non-hydrogen) atoms. The van der Waals surface area contributed by atoms with Crippen molar-refractivity contribution in [2.24, 2.45) is 5.10 Å². The Labute approximate surface area is 254 Å². The zero-order valence-electron chi connectivity index (χ0n) is 24.0. The number of rotatable bonds is 14. The third-order valence-corrected chi connectivity index (χ3v) is 7.46. The second kappa shape index (κ2) is 14.9. The number of hydrogen-bond donors (Lipinski definition) is 1. The molecule has 0 aliphatic carbocycles. The average molecular weight is 597 g/mol. The first-order chi connectivity index (χ1) is 21.1. The molecular weight excluding hydrogens is 564 g/mol. The predicted molar refractivity (Wildman–Crippen MR) is 167 cm³/mol. The van der Waals surface area contributed by atoms with Crippen LogP contribution in [0, 0.1) is 0 Å². The van der Waals surface area contributed by atoms with Crippen LogP contribution in [0.1, 0.15) is 29.0 Å². The first-order valence-corrected chi connectivity index (χ1v) is 14.8. The van der Waals surface area contributed by atoms with Gasteiger partial charge in [-0.1, -0.05) is 66.4 Å². The van der Waals surface area contributed by atoms with E-state index < -0.39 is 0 Å². The van der Waals surface area contributed by atoms with E-state index in [9.17, 15) is 4.79 Å². The van der Waals surface area contributed by atoms with Crippen LogP contribution >= 0.6 is 11.8 Å².